The van der Waals surface area contributed by atoms with Crippen LogP contribution in [0.5, 0.6) is 11.5 Å². The van der Waals surface area contributed by atoms with Crippen LogP contribution in [0.2, 0.25) is 5.02 Å². The van der Waals surface area contributed by atoms with Crippen LogP contribution < -0.4 is 14.4 Å². The quantitative estimate of drug-likeness (QED) is 0.157. The number of hydrogen-bond acceptors (Lipinski definition) is 5. The number of fused-ring (bicyclic) bond motifs is 1. The Kier molecular flexibility index (Phi) is 7.06. The van der Waals surface area contributed by atoms with Crippen molar-refractivity contribution in [2.24, 2.45) is 0 Å². The number of carbonyl (C=O) groups excluding carboxylic acids is 2. The van der Waals surface area contributed by atoms with Crippen LogP contribution in [-0.4, -0.2) is 31.0 Å². The van der Waals surface area contributed by atoms with Crippen molar-refractivity contribution in [3.63, 3.8) is 0 Å². The predicted octanol–water partition coefficient (Wildman–Crippen LogP) is 7.43. The maximum absolute atomic E-state index is 13.8. The highest BCUT2D eigenvalue weighted by molar-refractivity contribution is 6.52. The average molecular weight is 556 g/mol. The Morgan fingerprint density at radius 3 is 2.17 bits per heavy atom. The van der Waals surface area contributed by atoms with Gasteiger partial charge in [-0.1, -0.05) is 93.0 Å². The summed E-state index contributed by atoms with van der Waals surface area (Å²) in [5.74, 6) is -1.38. The number of ketones is 1. The number of anilines is 1. The number of Topliss-reactive ketones (excluding diaryl/α,β-unsaturated/α-hetero) is 1. The fraction of sp³-hybridized carbons (Fsp3) is 0.212. The number of rotatable bonds is 5. The molecule has 0 aliphatic carbocycles. The van der Waals surface area contributed by atoms with Gasteiger partial charge in [-0.05, 0) is 34.1 Å². The van der Waals surface area contributed by atoms with E-state index < -0.39 is 17.7 Å². The maximum Gasteiger partial charge on any atom is 0.300 e. The predicted molar refractivity (Wildman–Crippen MR) is 158 cm³/mol. The van der Waals surface area contributed by atoms with Gasteiger partial charge < -0.3 is 14.6 Å². The summed E-state index contributed by atoms with van der Waals surface area (Å²) in [4.78, 5) is 29.0. The number of aliphatic hydroxyl groups is 1. The number of ether oxygens (including phenoxy) is 2. The van der Waals surface area contributed by atoms with Crippen LogP contribution in [0.3, 0.4) is 0 Å². The summed E-state index contributed by atoms with van der Waals surface area (Å²) >= 11 is 6.30. The molecule has 40 heavy (non-hydrogen) atoms. The third kappa shape index (κ3) is 4.58. The summed E-state index contributed by atoms with van der Waals surface area (Å²) in [6, 6.07) is 23.2. The van der Waals surface area contributed by atoms with E-state index in [9.17, 15) is 14.7 Å². The van der Waals surface area contributed by atoms with Crippen molar-refractivity contribution in [3.8, 4) is 11.5 Å². The van der Waals surface area contributed by atoms with Gasteiger partial charge in [-0.3, -0.25) is 14.5 Å². The lowest BCUT2D eigenvalue weighted by Crippen LogP contribution is -2.29. The van der Waals surface area contributed by atoms with E-state index in [0.717, 1.165) is 16.3 Å². The average Bonchev–Trinajstić information content (AvgIpc) is 3.21. The van der Waals surface area contributed by atoms with Crippen molar-refractivity contribution < 1.29 is 24.2 Å². The zero-order valence-corrected chi connectivity index (χ0v) is 23.7. The van der Waals surface area contributed by atoms with Crippen LogP contribution in [-0.2, 0) is 15.0 Å². The van der Waals surface area contributed by atoms with Gasteiger partial charge in [-0.2, -0.15) is 0 Å². The molecule has 0 radical (unpaired) electrons. The van der Waals surface area contributed by atoms with Crippen LogP contribution >= 0.6 is 11.6 Å². The molecular weight excluding hydrogens is 526 g/mol. The second kappa shape index (κ2) is 10.4. The number of carbonyl (C=O) groups is 2. The molecule has 1 amide bonds. The zero-order valence-electron chi connectivity index (χ0n) is 23.0. The van der Waals surface area contributed by atoms with Gasteiger partial charge in [0.2, 0.25) is 0 Å². The first-order valence-electron chi connectivity index (χ1n) is 12.9. The van der Waals surface area contributed by atoms with Gasteiger partial charge in [0.05, 0.1) is 42.1 Å². The highest BCUT2D eigenvalue weighted by Crippen LogP contribution is 2.46. The summed E-state index contributed by atoms with van der Waals surface area (Å²) in [7, 11) is 2.89. The Morgan fingerprint density at radius 2 is 1.52 bits per heavy atom. The lowest BCUT2D eigenvalue weighted by atomic mass is 9.85. The fourth-order valence-corrected chi connectivity index (χ4v) is 5.40. The van der Waals surface area contributed by atoms with Gasteiger partial charge in [0.25, 0.3) is 11.7 Å². The van der Waals surface area contributed by atoms with Gasteiger partial charge >= 0.3 is 0 Å². The second-order valence-electron chi connectivity index (χ2n) is 10.7. The van der Waals surface area contributed by atoms with Crippen molar-refractivity contribution in [3.05, 3.63) is 106 Å². The topological polar surface area (TPSA) is 76.1 Å². The largest absolute Gasteiger partial charge is 0.507 e. The van der Waals surface area contributed by atoms with Gasteiger partial charge in [-0.25, -0.2) is 0 Å². The van der Waals surface area contributed by atoms with Crippen LogP contribution in [0.25, 0.3) is 16.5 Å². The Bertz CT molecular complexity index is 1660. The molecule has 204 valence electrons. The van der Waals surface area contributed by atoms with Gasteiger partial charge in [0.1, 0.15) is 17.3 Å². The second-order valence-corrected chi connectivity index (χ2v) is 11.1. The fourth-order valence-electron chi connectivity index (χ4n) is 5.17. The molecule has 1 aliphatic heterocycles. The van der Waals surface area contributed by atoms with E-state index in [4.69, 9.17) is 21.1 Å². The Balaban J connectivity index is 1.80. The van der Waals surface area contributed by atoms with E-state index in [0.29, 0.717) is 17.0 Å². The summed E-state index contributed by atoms with van der Waals surface area (Å²) in [5.41, 5.74) is 2.40. The zero-order chi connectivity index (χ0) is 28.8. The summed E-state index contributed by atoms with van der Waals surface area (Å²) in [6.07, 6.45) is 0. The highest BCUT2D eigenvalue weighted by atomic mass is 35.5. The minimum absolute atomic E-state index is 0.0517. The summed E-state index contributed by atoms with van der Waals surface area (Å²) in [6.45, 7) is 6.35. The van der Waals surface area contributed by atoms with E-state index in [-0.39, 0.29) is 33.1 Å². The molecule has 1 unspecified atom stereocenters. The first-order valence-corrected chi connectivity index (χ1v) is 13.3. The van der Waals surface area contributed by atoms with Crippen molar-refractivity contribution in [1.82, 2.24) is 0 Å². The molecule has 4 aromatic rings. The number of hydrogen-bond donors (Lipinski definition) is 1. The molecule has 7 heteroatoms. The normalized spacial score (nSPS) is 16.9. The molecular formula is C33H30ClNO5. The first-order chi connectivity index (χ1) is 19.1. The van der Waals surface area contributed by atoms with E-state index in [1.165, 1.54) is 31.3 Å². The minimum atomic E-state index is -0.897. The lowest BCUT2D eigenvalue weighted by molar-refractivity contribution is -0.132. The molecule has 1 atom stereocenters. The third-order valence-electron chi connectivity index (χ3n) is 7.29. The molecule has 0 aromatic heterocycles. The summed E-state index contributed by atoms with van der Waals surface area (Å²) in [5, 5.41) is 13.7. The molecule has 0 bridgehead atoms. The lowest BCUT2D eigenvalue weighted by Gasteiger charge is -2.27. The third-order valence-corrected chi connectivity index (χ3v) is 7.59. The molecule has 1 N–H and O–H groups in total. The Labute approximate surface area is 238 Å². The van der Waals surface area contributed by atoms with Crippen LogP contribution in [0.15, 0.2) is 84.4 Å². The number of aliphatic hydroxyl groups excluding tert-OH is 1. The van der Waals surface area contributed by atoms with Crippen LogP contribution in [0.1, 0.15) is 43.5 Å². The number of methoxy groups -OCH3 is 2. The van der Waals surface area contributed by atoms with Crippen LogP contribution in [0, 0.1) is 0 Å². The molecule has 1 heterocycles. The van der Waals surface area contributed by atoms with E-state index in [1.807, 2.05) is 66.7 Å². The van der Waals surface area contributed by atoms with Gasteiger partial charge in [-0.15, -0.1) is 0 Å². The number of benzene rings is 4. The maximum atomic E-state index is 13.8. The molecule has 0 spiro atoms. The number of halogens is 1. The molecule has 0 saturated carbocycles. The molecule has 6 nitrogen and oxygen atoms in total. The van der Waals surface area contributed by atoms with E-state index in [2.05, 4.69) is 20.8 Å². The highest BCUT2D eigenvalue weighted by Gasteiger charge is 2.47. The molecule has 1 fully saturated rings. The summed E-state index contributed by atoms with van der Waals surface area (Å²) < 4.78 is 10.8. The van der Waals surface area contributed by atoms with E-state index in [1.54, 1.807) is 0 Å². The standard InChI is InChI=1S/C33H30ClNO5/c1-33(2,3)21-15-13-20(14-16-21)29-28(30(36)23-17-27(40-5)24(34)18-26(23)39-4)31(37)32(38)35(29)25-12-8-10-19-9-6-7-11-22(19)25/h6-18,29,36H,1-5H3/b30-28+. The Morgan fingerprint density at radius 1 is 0.875 bits per heavy atom. The minimum Gasteiger partial charge on any atom is -0.507 e. The molecule has 1 aliphatic rings. The van der Waals surface area contributed by atoms with Crippen molar-refractivity contribution in [2.45, 2.75) is 32.2 Å². The van der Waals surface area contributed by atoms with Crippen molar-refractivity contribution in [1.29, 1.82) is 0 Å². The smallest absolute Gasteiger partial charge is 0.300 e. The monoisotopic (exact) mass is 555 g/mol. The van der Waals surface area contributed by atoms with Gasteiger partial charge in [0.15, 0.2) is 0 Å². The molecule has 4 aromatic carbocycles. The molecule has 1 saturated heterocycles. The Hall–Kier alpha value is -4.29. The van der Waals surface area contributed by atoms with E-state index >= 15 is 0 Å². The van der Waals surface area contributed by atoms with Crippen molar-refractivity contribution >= 4 is 45.5 Å². The van der Waals surface area contributed by atoms with Crippen molar-refractivity contribution in [2.75, 3.05) is 19.1 Å². The number of amides is 1. The first kappa shape index (κ1) is 27.3. The molecule has 5 rings (SSSR count). The van der Waals surface area contributed by atoms with Gasteiger partial charge in [0, 0.05) is 11.5 Å². The SMILES string of the molecule is COc1cc(/C(O)=C2\C(=O)C(=O)N(c3cccc4ccccc34)C2c2ccc(C(C)(C)C)cc2)c(OC)cc1Cl. The number of nitrogens with zero attached hydrogens (tertiary/aromatic N) is 1. The van der Waals surface area contributed by atoms with Crippen LogP contribution in [0.4, 0.5) is 5.69 Å².